The van der Waals surface area contributed by atoms with Crippen LogP contribution >= 0.6 is 23.2 Å². The predicted octanol–water partition coefficient (Wildman–Crippen LogP) is 5.07. The van der Waals surface area contributed by atoms with Gasteiger partial charge in [-0.15, -0.1) is 0 Å². The number of aliphatic carboxylic acids is 1. The van der Waals surface area contributed by atoms with E-state index in [0.29, 0.717) is 27.2 Å². The van der Waals surface area contributed by atoms with E-state index in [1.165, 1.54) is 6.08 Å². The molecule has 1 N–H and O–H groups in total. The first-order chi connectivity index (χ1) is 11.3. The summed E-state index contributed by atoms with van der Waals surface area (Å²) >= 11 is 12.0. The Labute approximate surface area is 149 Å². The van der Waals surface area contributed by atoms with E-state index in [1.807, 2.05) is 13.8 Å². The molecule has 0 aliphatic heterocycles. The van der Waals surface area contributed by atoms with E-state index in [9.17, 15) is 4.79 Å². The number of carboxylic acids is 1. The number of halogens is 2. The van der Waals surface area contributed by atoms with Gasteiger partial charge in [-0.1, -0.05) is 23.2 Å². The topological polar surface area (TPSA) is 68.7 Å². The third kappa shape index (κ3) is 5.15. The van der Waals surface area contributed by atoms with Crippen LogP contribution in [0.2, 0.25) is 10.0 Å². The van der Waals surface area contributed by atoms with Crippen molar-refractivity contribution < 1.29 is 19.4 Å². The third-order valence-electron chi connectivity index (χ3n) is 2.73. The van der Waals surface area contributed by atoms with Crippen molar-refractivity contribution in [3.63, 3.8) is 0 Å². The van der Waals surface area contributed by atoms with Crippen molar-refractivity contribution >= 4 is 35.2 Å². The molecule has 0 spiro atoms. The van der Waals surface area contributed by atoms with Crippen molar-refractivity contribution in [3.8, 4) is 17.5 Å². The van der Waals surface area contributed by atoms with Crippen LogP contribution in [0, 0.1) is 0 Å². The molecule has 0 aliphatic carbocycles. The van der Waals surface area contributed by atoms with Crippen LogP contribution in [0.25, 0.3) is 6.08 Å². The lowest BCUT2D eigenvalue weighted by atomic mass is 10.2. The van der Waals surface area contributed by atoms with Crippen LogP contribution in [0.3, 0.4) is 0 Å². The van der Waals surface area contributed by atoms with Crippen molar-refractivity contribution in [1.82, 2.24) is 4.98 Å². The van der Waals surface area contributed by atoms with E-state index in [4.69, 9.17) is 37.8 Å². The van der Waals surface area contributed by atoms with Crippen LogP contribution in [-0.2, 0) is 4.79 Å². The lowest BCUT2D eigenvalue weighted by molar-refractivity contribution is -0.131. The zero-order valence-corrected chi connectivity index (χ0v) is 14.5. The van der Waals surface area contributed by atoms with Gasteiger partial charge in [0.15, 0.2) is 0 Å². The highest BCUT2D eigenvalue weighted by Gasteiger charge is 2.11. The summed E-state index contributed by atoms with van der Waals surface area (Å²) in [4.78, 5) is 15.0. The van der Waals surface area contributed by atoms with Crippen molar-refractivity contribution in [2.75, 3.05) is 0 Å². The summed E-state index contributed by atoms with van der Waals surface area (Å²) in [5, 5.41) is 9.58. The van der Waals surface area contributed by atoms with E-state index in [-0.39, 0.29) is 12.0 Å². The molecule has 24 heavy (non-hydrogen) atoms. The molecule has 7 heteroatoms. The number of pyridine rings is 1. The summed E-state index contributed by atoms with van der Waals surface area (Å²) < 4.78 is 11.3. The molecule has 2 rings (SSSR count). The lowest BCUT2D eigenvalue weighted by Crippen LogP contribution is -2.07. The van der Waals surface area contributed by atoms with E-state index >= 15 is 0 Å². The van der Waals surface area contributed by atoms with E-state index < -0.39 is 5.97 Å². The molecule has 0 bridgehead atoms. The highest BCUT2D eigenvalue weighted by atomic mass is 35.5. The van der Waals surface area contributed by atoms with Gasteiger partial charge < -0.3 is 14.6 Å². The van der Waals surface area contributed by atoms with Gasteiger partial charge in [0.05, 0.1) is 11.1 Å². The first kappa shape index (κ1) is 18.1. The summed E-state index contributed by atoms with van der Waals surface area (Å²) in [7, 11) is 0. The fraction of sp³-hybridized carbons (Fsp3) is 0.176. The fourth-order valence-electron chi connectivity index (χ4n) is 1.77. The Morgan fingerprint density at radius 3 is 2.62 bits per heavy atom. The number of aromatic nitrogens is 1. The normalized spacial score (nSPS) is 11.0. The van der Waals surface area contributed by atoms with Gasteiger partial charge in [0.25, 0.3) is 0 Å². The smallest absolute Gasteiger partial charge is 0.328 e. The predicted molar refractivity (Wildman–Crippen MR) is 93.2 cm³/mol. The van der Waals surface area contributed by atoms with E-state index in [0.717, 1.165) is 6.08 Å². The van der Waals surface area contributed by atoms with Crippen LogP contribution in [0.15, 0.2) is 36.4 Å². The molecule has 1 heterocycles. The van der Waals surface area contributed by atoms with E-state index in [1.54, 1.807) is 30.3 Å². The summed E-state index contributed by atoms with van der Waals surface area (Å²) in [6.07, 6.45) is 2.31. The molecule has 1 aromatic heterocycles. The summed E-state index contributed by atoms with van der Waals surface area (Å²) in [5.41, 5.74) is 0.472. The maximum Gasteiger partial charge on any atom is 0.328 e. The summed E-state index contributed by atoms with van der Waals surface area (Å²) in [6, 6.07) is 8.07. The molecule has 0 saturated carbocycles. The minimum Gasteiger partial charge on any atom is -0.478 e. The molecule has 2 aromatic rings. The van der Waals surface area contributed by atoms with Gasteiger partial charge in [0, 0.05) is 22.7 Å². The average molecular weight is 368 g/mol. The van der Waals surface area contributed by atoms with Gasteiger partial charge in [-0.3, -0.25) is 0 Å². The number of benzene rings is 1. The van der Waals surface area contributed by atoms with Crippen molar-refractivity contribution in [3.05, 3.63) is 52.0 Å². The monoisotopic (exact) mass is 367 g/mol. The molecular weight excluding hydrogens is 353 g/mol. The number of nitrogens with zero attached hydrogens (tertiary/aromatic N) is 1. The van der Waals surface area contributed by atoms with E-state index in [2.05, 4.69) is 4.98 Å². The highest BCUT2D eigenvalue weighted by molar-refractivity contribution is 6.35. The van der Waals surface area contributed by atoms with Crippen molar-refractivity contribution in [2.24, 2.45) is 0 Å². The minimum absolute atomic E-state index is 0.0649. The van der Waals surface area contributed by atoms with Crippen LogP contribution in [0.5, 0.6) is 17.5 Å². The molecule has 1 aromatic carbocycles. The summed E-state index contributed by atoms with van der Waals surface area (Å²) in [5.74, 6) is -0.194. The quantitative estimate of drug-likeness (QED) is 0.722. The second kappa shape index (κ2) is 8.04. The average Bonchev–Trinajstić information content (AvgIpc) is 2.48. The maximum absolute atomic E-state index is 10.7. The van der Waals surface area contributed by atoms with Crippen LogP contribution in [-0.4, -0.2) is 22.2 Å². The number of carboxylic acid groups (broad SMARTS) is 1. The fourth-order valence-corrected chi connectivity index (χ4v) is 2.22. The number of rotatable bonds is 6. The maximum atomic E-state index is 10.7. The first-order valence-electron chi connectivity index (χ1n) is 7.07. The lowest BCUT2D eigenvalue weighted by Gasteiger charge is -2.13. The molecule has 126 valence electrons. The minimum atomic E-state index is -1.08. The van der Waals surface area contributed by atoms with Crippen LogP contribution < -0.4 is 9.47 Å². The second-order valence-corrected chi connectivity index (χ2v) is 5.90. The Morgan fingerprint density at radius 1 is 1.25 bits per heavy atom. The number of carbonyl (C=O) groups is 1. The first-order valence-corrected chi connectivity index (χ1v) is 7.82. The van der Waals surface area contributed by atoms with Gasteiger partial charge in [-0.05, 0) is 44.2 Å². The van der Waals surface area contributed by atoms with Crippen molar-refractivity contribution in [1.29, 1.82) is 0 Å². The Bertz CT molecular complexity index is 775. The molecule has 5 nitrogen and oxygen atoms in total. The summed E-state index contributed by atoms with van der Waals surface area (Å²) in [6.45, 7) is 3.74. The number of hydrogen-bond donors (Lipinski definition) is 1. The molecule has 0 amide bonds. The van der Waals surface area contributed by atoms with Gasteiger partial charge in [0.2, 0.25) is 11.8 Å². The highest BCUT2D eigenvalue weighted by Crippen LogP contribution is 2.33. The second-order valence-electron chi connectivity index (χ2n) is 5.06. The molecular formula is C17H15Cl2NO4. The molecule has 0 radical (unpaired) electrons. The Kier molecular flexibility index (Phi) is 6.06. The van der Waals surface area contributed by atoms with Gasteiger partial charge in [-0.25, -0.2) is 4.79 Å². The molecule has 0 unspecified atom stereocenters. The van der Waals surface area contributed by atoms with Crippen LogP contribution in [0.4, 0.5) is 0 Å². The zero-order valence-electron chi connectivity index (χ0n) is 13.0. The molecule has 0 fully saturated rings. The molecule has 0 atom stereocenters. The Morgan fingerprint density at radius 2 is 2.00 bits per heavy atom. The Balaban J connectivity index is 2.40. The van der Waals surface area contributed by atoms with Crippen molar-refractivity contribution in [2.45, 2.75) is 20.0 Å². The van der Waals surface area contributed by atoms with Gasteiger partial charge in [0.1, 0.15) is 5.75 Å². The number of hydrogen-bond acceptors (Lipinski definition) is 4. The molecule has 0 aliphatic rings. The largest absolute Gasteiger partial charge is 0.478 e. The number of ether oxygens (including phenoxy) is 2. The standard InChI is InChI=1S/C17H15Cl2NO4/c1-10(2)23-15-7-3-11(4-8-16(21)22)17(20-15)24-14-6-5-12(18)9-13(14)19/h3-10H,1-2H3,(H,21,22). The van der Waals surface area contributed by atoms with Gasteiger partial charge >= 0.3 is 5.97 Å². The van der Waals surface area contributed by atoms with Crippen LogP contribution in [0.1, 0.15) is 19.4 Å². The SMILES string of the molecule is CC(C)Oc1ccc(C=CC(=O)O)c(Oc2ccc(Cl)cc2Cl)n1. The third-order valence-corrected chi connectivity index (χ3v) is 3.26. The molecule has 0 saturated heterocycles. The van der Waals surface area contributed by atoms with Gasteiger partial charge in [-0.2, -0.15) is 4.98 Å². The Hall–Kier alpha value is -2.24. The zero-order chi connectivity index (χ0) is 17.7.